The lowest BCUT2D eigenvalue weighted by Crippen LogP contribution is -2.40. The first kappa shape index (κ1) is 27.7. The Morgan fingerprint density at radius 3 is 2.67 bits per heavy atom. The van der Waals surface area contributed by atoms with Crippen molar-refractivity contribution < 1.29 is 32.2 Å². The van der Waals surface area contributed by atoms with E-state index in [0.29, 0.717) is 37.3 Å². The van der Waals surface area contributed by atoms with Crippen molar-refractivity contribution in [2.75, 3.05) is 31.8 Å². The topological polar surface area (TPSA) is 82.9 Å². The number of rotatable bonds is 10. The molecule has 0 amide bonds. The van der Waals surface area contributed by atoms with Crippen LogP contribution < -0.4 is 15.2 Å². The highest BCUT2D eigenvalue weighted by atomic mass is 28.3. The summed E-state index contributed by atoms with van der Waals surface area (Å²) < 4.78 is 58.8. The molecule has 0 spiro atoms. The number of benzene rings is 1. The monoisotopic (exact) mass is 527 g/mol. The van der Waals surface area contributed by atoms with E-state index >= 15 is 0 Å². The Bertz CT molecular complexity index is 1120. The summed E-state index contributed by atoms with van der Waals surface area (Å²) in [5.74, 6) is -0.126. The molecule has 1 aromatic heterocycles. The second-order valence-corrected chi connectivity index (χ2v) is 15.5. The molecule has 8 nitrogen and oxygen atoms in total. The molecular weight excluding hydrogens is 495 g/mol. The number of nitrogens with zero attached hydrogens (tertiary/aromatic N) is 3. The summed E-state index contributed by atoms with van der Waals surface area (Å²) in [6.07, 6.45) is -2.56. The fraction of sp³-hybridized carbons (Fsp3) is 0.542. The number of hydrogen-bond acceptors (Lipinski definition) is 7. The number of esters is 1. The van der Waals surface area contributed by atoms with Gasteiger partial charge in [-0.25, -0.2) is 9.48 Å². The van der Waals surface area contributed by atoms with E-state index in [2.05, 4.69) is 24.7 Å². The van der Waals surface area contributed by atoms with E-state index in [1.165, 1.54) is 18.1 Å². The molecular formula is C24H32F3N3O5Si. The molecule has 3 rings (SSSR count). The highest BCUT2D eigenvalue weighted by molar-refractivity contribution is 6.76. The van der Waals surface area contributed by atoms with Crippen molar-refractivity contribution in [3.8, 4) is 5.75 Å². The van der Waals surface area contributed by atoms with Gasteiger partial charge in [0.2, 0.25) is 0 Å². The standard InChI is InChI=1S/C24H32F3N3O5Si/c1-33-23(32)17-7-5-9-19(13-17)35-15-18-8-6-10-29(18)20-14-28-30(16-34-11-12-36(2,3)4)22(31)21(20)24(25,26)27/h5,7,9,13-14,18H,6,8,10-12,15-16H2,1-4H3/t18-/m0/s1. The molecule has 198 valence electrons. The first-order chi connectivity index (χ1) is 16.9. The van der Waals surface area contributed by atoms with E-state index < -0.39 is 37.4 Å². The molecule has 2 aromatic rings. The highest BCUT2D eigenvalue weighted by Crippen LogP contribution is 2.36. The maximum atomic E-state index is 14.0. The van der Waals surface area contributed by atoms with E-state index in [9.17, 15) is 22.8 Å². The van der Waals surface area contributed by atoms with Crippen molar-refractivity contribution in [3.05, 3.63) is 51.9 Å². The lowest BCUT2D eigenvalue weighted by Gasteiger charge is -2.29. The first-order valence-corrected chi connectivity index (χ1v) is 15.4. The van der Waals surface area contributed by atoms with Crippen LogP contribution in [0, 0.1) is 0 Å². The van der Waals surface area contributed by atoms with Gasteiger partial charge in [-0.3, -0.25) is 4.79 Å². The summed E-state index contributed by atoms with van der Waals surface area (Å²) in [4.78, 5) is 26.1. The zero-order chi connectivity index (χ0) is 26.5. The van der Waals surface area contributed by atoms with Gasteiger partial charge < -0.3 is 19.1 Å². The largest absolute Gasteiger partial charge is 0.491 e. The predicted octanol–water partition coefficient (Wildman–Crippen LogP) is 4.41. The molecule has 0 bridgehead atoms. The van der Waals surface area contributed by atoms with E-state index in [-0.39, 0.29) is 19.0 Å². The van der Waals surface area contributed by atoms with E-state index in [1.54, 1.807) is 18.2 Å². The minimum atomic E-state index is -4.86. The van der Waals surface area contributed by atoms with Crippen molar-refractivity contribution in [2.24, 2.45) is 0 Å². The molecule has 1 fully saturated rings. The van der Waals surface area contributed by atoms with Gasteiger partial charge >= 0.3 is 12.1 Å². The Morgan fingerprint density at radius 1 is 1.25 bits per heavy atom. The second-order valence-electron chi connectivity index (χ2n) is 9.88. The maximum absolute atomic E-state index is 14.0. The number of ether oxygens (including phenoxy) is 3. The normalized spacial score (nSPS) is 16.3. The first-order valence-electron chi connectivity index (χ1n) is 11.7. The zero-order valence-corrected chi connectivity index (χ0v) is 21.9. The van der Waals surface area contributed by atoms with Crippen molar-refractivity contribution in [1.82, 2.24) is 9.78 Å². The van der Waals surface area contributed by atoms with E-state index in [1.807, 2.05) is 0 Å². The maximum Gasteiger partial charge on any atom is 0.423 e. The Morgan fingerprint density at radius 2 is 2.00 bits per heavy atom. The van der Waals surface area contributed by atoms with Crippen LogP contribution in [-0.2, 0) is 22.4 Å². The summed E-state index contributed by atoms with van der Waals surface area (Å²) in [5.41, 5.74) is -2.45. The lowest BCUT2D eigenvalue weighted by atomic mass is 10.2. The van der Waals surface area contributed by atoms with Crippen LogP contribution >= 0.6 is 0 Å². The summed E-state index contributed by atoms with van der Waals surface area (Å²) in [5, 5.41) is 3.98. The van der Waals surface area contributed by atoms with Crippen LogP contribution in [0.4, 0.5) is 18.9 Å². The average Bonchev–Trinajstić information content (AvgIpc) is 3.27. The quantitative estimate of drug-likeness (QED) is 0.257. The lowest BCUT2D eigenvalue weighted by molar-refractivity contribution is -0.138. The third-order valence-electron chi connectivity index (χ3n) is 5.90. The minimum Gasteiger partial charge on any atom is -0.491 e. The van der Waals surface area contributed by atoms with Gasteiger partial charge in [0.15, 0.2) is 0 Å². The van der Waals surface area contributed by atoms with Gasteiger partial charge in [-0.05, 0) is 37.1 Å². The minimum absolute atomic E-state index is 0.0742. The summed E-state index contributed by atoms with van der Waals surface area (Å²) >= 11 is 0. The van der Waals surface area contributed by atoms with Crippen molar-refractivity contribution >= 4 is 19.7 Å². The molecule has 36 heavy (non-hydrogen) atoms. The molecule has 1 aliphatic heterocycles. The van der Waals surface area contributed by atoms with Crippen LogP contribution in [0.15, 0.2) is 35.3 Å². The molecule has 0 radical (unpaired) electrons. The van der Waals surface area contributed by atoms with Gasteiger partial charge in [0, 0.05) is 21.2 Å². The van der Waals surface area contributed by atoms with Crippen molar-refractivity contribution in [2.45, 2.75) is 57.5 Å². The molecule has 12 heteroatoms. The number of carbonyl (C=O) groups is 1. The fourth-order valence-electron chi connectivity index (χ4n) is 3.93. The summed E-state index contributed by atoms with van der Waals surface area (Å²) in [6.45, 7) is 6.89. The SMILES string of the molecule is COC(=O)c1cccc(OC[C@@H]2CCCN2c2cnn(COCC[Si](C)(C)C)c(=O)c2C(F)(F)F)c1. The average molecular weight is 528 g/mol. The highest BCUT2D eigenvalue weighted by Gasteiger charge is 2.41. The smallest absolute Gasteiger partial charge is 0.423 e. The number of methoxy groups -OCH3 is 1. The Hall–Kier alpha value is -2.86. The van der Waals surface area contributed by atoms with Gasteiger partial charge in [0.1, 0.15) is 24.7 Å². The molecule has 1 saturated heterocycles. The van der Waals surface area contributed by atoms with Crippen molar-refractivity contribution in [1.29, 1.82) is 0 Å². The molecule has 0 saturated carbocycles. The van der Waals surface area contributed by atoms with Crippen LogP contribution in [0.2, 0.25) is 25.7 Å². The van der Waals surface area contributed by atoms with Gasteiger partial charge in [-0.2, -0.15) is 18.3 Å². The Balaban J connectivity index is 1.78. The van der Waals surface area contributed by atoms with Crippen LogP contribution in [-0.4, -0.2) is 56.7 Å². The molecule has 1 aromatic carbocycles. The molecule has 0 N–H and O–H groups in total. The van der Waals surface area contributed by atoms with Crippen LogP contribution in [0.3, 0.4) is 0 Å². The van der Waals surface area contributed by atoms with Crippen LogP contribution in [0.25, 0.3) is 0 Å². The number of halogens is 3. The summed E-state index contributed by atoms with van der Waals surface area (Å²) in [7, 11) is -0.112. The predicted molar refractivity (Wildman–Crippen MR) is 131 cm³/mol. The Labute approximate surface area is 209 Å². The van der Waals surface area contributed by atoms with Gasteiger partial charge in [0.05, 0.1) is 30.6 Å². The Kier molecular flexibility index (Phi) is 8.83. The van der Waals surface area contributed by atoms with Gasteiger partial charge in [-0.1, -0.05) is 25.7 Å². The molecule has 1 aliphatic rings. The third kappa shape index (κ3) is 7.09. The number of anilines is 1. The van der Waals surface area contributed by atoms with Crippen LogP contribution in [0.5, 0.6) is 5.75 Å². The second kappa shape index (κ2) is 11.5. The molecule has 0 unspecified atom stereocenters. The van der Waals surface area contributed by atoms with Gasteiger partial charge in [-0.15, -0.1) is 0 Å². The molecule has 0 aliphatic carbocycles. The van der Waals surface area contributed by atoms with Crippen LogP contribution in [0.1, 0.15) is 28.8 Å². The molecule has 1 atom stereocenters. The van der Waals surface area contributed by atoms with Gasteiger partial charge in [0.25, 0.3) is 5.56 Å². The summed E-state index contributed by atoms with van der Waals surface area (Å²) in [6, 6.07) is 6.79. The third-order valence-corrected chi connectivity index (χ3v) is 7.61. The number of aromatic nitrogens is 2. The van der Waals surface area contributed by atoms with Crippen molar-refractivity contribution in [3.63, 3.8) is 0 Å². The van der Waals surface area contributed by atoms with E-state index in [4.69, 9.17) is 14.2 Å². The fourth-order valence-corrected chi connectivity index (χ4v) is 4.69. The zero-order valence-electron chi connectivity index (χ0n) is 20.9. The number of carbonyl (C=O) groups excluding carboxylic acids is 1. The number of alkyl halides is 3. The molecule has 2 heterocycles. The number of hydrogen-bond donors (Lipinski definition) is 0. The van der Waals surface area contributed by atoms with E-state index in [0.717, 1.165) is 16.9 Å².